The topological polar surface area (TPSA) is 77.5 Å². The molecule has 2 atom stereocenters. The molecule has 0 saturated carbocycles. The van der Waals surface area contributed by atoms with Crippen LogP contribution in [0.1, 0.15) is 62.4 Å². The number of para-hydroxylation sites is 1. The molecular formula is C28H27F3N4O. The lowest BCUT2D eigenvalue weighted by Crippen LogP contribution is -2.33. The lowest BCUT2D eigenvalue weighted by molar-refractivity contribution is -0.137. The highest BCUT2D eigenvalue weighted by Gasteiger charge is 2.40. The van der Waals surface area contributed by atoms with Gasteiger partial charge in [0.15, 0.2) is 0 Å². The van der Waals surface area contributed by atoms with Gasteiger partial charge in [0.2, 0.25) is 0 Å². The molecule has 3 heterocycles. The summed E-state index contributed by atoms with van der Waals surface area (Å²) in [5.41, 5.74) is 2.72. The van der Waals surface area contributed by atoms with Gasteiger partial charge in [0.05, 0.1) is 34.5 Å². The molecule has 36 heavy (non-hydrogen) atoms. The predicted octanol–water partition coefficient (Wildman–Crippen LogP) is 7.19. The van der Waals surface area contributed by atoms with E-state index < -0.39 is 22.6 Å². The molecule has 0 aliphatic carbocycles. The third-order valence-electron chi connectivity index (χ3n) is 7.26. The van der Waals surface area contributed by atoms with Crippen molar-refractivity contribution in [1.82, 2.24) is 15.2 Å². The van der Waals surface area contributed by atoms with Crippen LogP contribution in [-0.2, 0) is 21.7 Å². The number of aromatic nitrogens is 3. The summed E-state index contributed by atoms with van der Waals surface area (Å²) in [6.07, 6.45) is -3.42. The number of nitrogens with one attached hydrogen (secondary N) is 2. The van der Waals surface area contributed by atoms with Gasteiger partial charge in [0, 0.05) is 34.2 Å². The molecule has 186 valence electrons. The normalized spacial score (nSPS) is 21.0. The number of halogens is 3. The lowest BCUT2D eigenvalue weighted by atomic mass is 9.74. The predicted molar refractivity (Wildman–Crippen MR) is 131 cm³/mol. The van der Waals surface area contributed by atoms with Crippen LogP contribution < -0.4 is 0 Å². The minimum atomic E-state index is -4.43. The molecule has 5 nitrogen and oxygen atoms in total. The van der Waals surface area contributed by atoms with Crippen LogP contribution in [0.2, 0.25) is 0 Å². The van der Waals surface area contributed by atoms with Gasteiger partial charge in [-0.2, -0.15) is 23.5 Å². The summed E-state index contributed by atoms with van der Waals surface area (Å²) in [4.78, 5) is 3.54. The van der Waals surface area contributed by atoms with Crippen LogP contribution in [-0.4, -0.2) is 21.8 Å². The molecule has 1 aliphatic heterocycles. The molecule has 0 radical (unpaired) electrons. The molecule has 0 spiro atoms. The van der Waals surface area contributed by atoms with Gasteiger partial charge in [-0.3, -0.25) is 5.10 Å². The van der Waals surface area contributed by atoms with Crippen LogP contribution in [0.15, 0.2) is 54.6 Å². The highest BCUT2D eigenvalue weighted by molar-refractivity contribution is 5.98. The number of H-pyrrole nitrogens is 2. The number of fused-ring (bicyclic) bond motifs is 1. The Morgan fingerprint density at radius 2 is 1.89 bits per heavy atom. The van der Waals surface area contributed by atoms with Gasteiger partial charge >= 0.3 is 6.18 Å². The second-order valence-electron chi connectivity index (χ2n) is 10.3. The number of hydrogen-bond donors (Lipinski definition) is 2. The monoisotopic (exact) mass is 492 g/mol. The molecule has 5 rings (SSSR count). The van der Waals surface area contributed by atoms with E-state index in [1.807, 2.05) is 44.2 Å². The summed E-state index contributed by atoms with van der Waals surface area (Å²) < 4.78 is 46.8. The highest BCUT2D eigenvalue weighted by atomic mass is 19.4. The third-order valence-corrected chi connectivity index (χ3v) is 7.26. The molecule has 4 aromatic rings. The van der Waals surface area contributed by atoms with E-state index in [9.17, 15) is 18.4 Å². The fourth-order valence-electron chi connectivity index (χ4n) is 5.05. The molecule has 0 amide bonds. The Morgan fingerprint density at radius 1 is 1.11 bits per heavy atom. The molecule has 2 aromatic heterocycles. The van der Waals surface area contributed by atoms with Gasteiger partial charge in [-0.25, -0.2) is 0 Å². The van der Waals surface area contributed by atoms with E-state index in [-0.39, 0.29) is 6.10 Å². The van der Waals surface area contributed by atoms with Gasteiger partial charge in [-0.1, -0.05) is 37.3 Å². The number of rotatable bonds is 4. The summed E-state index contributed by atoms with van der Waals surface area (Å²) in [7, 11) is 0. The molecule has 2 aromatic carbocycles. The first-order valence-corrected chi connectivity index (χ1v) is 11.9. The average Bonchev–Trinajstić information content (AvgIpc) is 3.50. The van der Waals surface area contributed by atoms with E-state index in [1.165, 1.54) is 12.1 Å². The van der Waals surface area contributed by atoms with Crippen molar-refractivity contribution in [3.8, 4) is 17.2 Å². The van der Waals surface area contributed by atoms with Crippen molar-refractivity contribution >= 4 is 10.9 Å². The van der Waals surface area contributed by atoms with Gasteiger partial charge in [-0.15, -0.1) is 0 Å². The van der Waals surface area contributed by atoms with Crippen LogP contribution in [0.25, 0.3) is 22.0 Å². The zero-order chi connectivity index (χ0) is 25.7. The lowest BCUT2D eigenvalue weighted by Gasteiger charge is -2.38. The first-order valence-electron chi connectivity index (χ1n) is 11.9. The summed E-state index contributed by atoms with van der Waals surface area (Å²) in [6.45, 7) is 6.23. The molecule has 2 N–H and O–H groups in total. The quantitative estimate of drug-likeness (QED) is 0.317. The zero-order valence-electron chi connectivity index (χ0n) is 20.3. The van der Waals surface area contributed by atoms with E-state index in [1.54, 1.807) is 6.07 Å². The minimum Gasteiger partial charge on any atom is -0.372 e. The minimum absolute atomic E-state index is 0.291. The van der Waals surface area contributed by atoms with E-state index in [2.05, 4.69) is 28.2 Å². The van der Waals surface area contributed by atoms with Crippen molar-refractivity contribution in [3.63, 3.8) is 0 Å². The van der Waals surface area contributed by atoms with Crippen molar-refractivity contribution in [2.45, 2.75) is 56.7 Å². The SMILES string of the molecule is CC(C)(C#N)c1cc(C2CC(C)(c3[nH]c4ccccc4c3-c3cccc(C(F)(F)F)c3)CCO2)[nH]n1. The Hall–Kier alpha value is -3.57. The number of aromatic amines is 2. The van der Waals surface area contributed by atoms with E-state index in [4.69, 9.17) is 4.74 Å². The number of alkyl halides is 3. The first-order chi connectivity index (χ1) is 17.0. The Labute approximate surface area is 207 Å². The summed E-state index contributed by atoms with van der Waals surface area (Å²) in [5, 5.41) is 17.7. The highest BCUT2D eigenvalue weighted by Crippen LogP contribution is 2.48. The number of hydrogen-bond acceptors (Lipinski definition) is 3. The standard InChI is InChI=1S/C28H27F3N4O/c1-26(2,16-32)23-14-21(34-35-23)22-15-27(3,11-12-36-22)25-24(19-9-4-5-10-20(19)33-25)17-7-6-8-18(13-17)28(29,30)31/h4-10,13-14,22,33H,11-12,15H2,1-3H3,(H,34,35). The summed E-state index contributed by atoms with van der Waals surface area (Å²) in [6, 6.07) is 17.4. The van der Waals surface area contributed by atoms with Crippen molar-refractivity contribution in [2.24, 2.45) is 0 Å². The van der Waals surface area contributed by atoms with Gasteiger partial charge in [0.1, 0.15) is 0 Å². The van der Waals surface area contributed by atoms with Crippen LogP contribution in [0, 0.1) is 11.3 Å². The largest absolute Gasteiger partial charge is 0.416 e. The van der Waals surface area contributed by atoms with Crippen molar-refractivity contribution in [2.75, 3.05) is 6.61 Å². The molecule has 8 heteroatoms. The Balaban J connectivity index is 1.59. The maximum atomic E-state index is 13.6. The molecular weight excluding hydrogens is 465 g/mol. The Morgan fingerprint density at radius 3 is 2.64 bits per heavy atom. The van der Waals surface area contributed by atoms with Crippen LogP contribution >= 0.6 is 0 Å². The van der Waals surface area contributed by atoms with Crippen molar-refractivity contribution < 1.29 is 17.9 Å². The van der Waals surface area contributed by atoms with Crippen LogP contribution in [0.3, 0.4) is 0 Å². The average molecular weight is 493 g/mol. The zero-order valence-corrected chi connectivity index (χ0v) is 20.3. The molecule has 2 unspecified atom stereocenters. The van der Waals surface area contributed by atoms with Crippen LogP contribution in [0.4, 0.5) is 13.2 Å². The van der Waals surface area contributed by atoms with Gasteiger partial charge in [-0.05, 0) is 56.5 Å². The van der Waals surface area contributed by atoms with E-state index in [0.717, 1.165) is 33.9 Å². The smallest absolute Gasteiger partial charge is 0.372 e. The van der Waals surface area contributed by atoms with Gasteiger partial charge in [0.25, 0.3) is 0 Å². The first kappa shape index (κ1) is 24.1. The molecule has 1 aliphatic rings. The third kappa shape index (κ3) is 4.18. The Kier molecular flexibility index (Phi) is 5.72. The summed E-state index contributed by atoms with van der Waals surface area (Å²) in [5.74, 6) is 0. The maximum absolute atomic E-state index is 13.6. The summed E-state index contributed by atoms with van der Waals surface area (Å²) >= 11 is 0. The van der Waals surface area contributed by atoms with E-state index in [0.29, 0.717) is 30.7 Å². The second-order valence-corrected chi connectivity index (χ2v) is 10.3. The van der Waals surface area contributed by atoms with Crippen molar-refractivity contribution in [1.29, 1.82) is 5.26 Å². The van der Waals surface area contributed by atoms with E-state index >= 15 is 0 Å². The molecule has 0 bridgehead atoms. The molecule has 1 saturated heterocycles. The fraction of sp³-hybridized carbons (Fsp3) is 0.357. The maximum Gasteiger partial charge on any atom is 0.416 e. The second kappa shape index (κ2) is 8.52. The number of nitriles is 1. The van der Waals surface area contributed by atoms with Crippen molar-refractivity contribution in [3.05, 3.63) is 77.2 Å². The number of nitrogens with zero attached hydrogens (tertiary/aromatic N) is 2. The Bertz CT molecular complexity index is 1460. The van der Waals surface area contributed by atoms with Gasteiger partial charge < -0.3 is 9.72 Å². The number of ether oxygens (including phenoxy) is 1. The fourth-order valence-corrected chi connectivity index (χ4v) is 5.05. The molecule has 1 fully saturated rings. The van der Waals surface area contributed by atoms with Crippen LogP contribution in [0.5, 0.6) is 0 Å². The number of benzene rings is 2.